The lowest BCUT2D eigenvalue weighted by Gasteiger charge is -2.07. The number of hydrogen-bond acceptors (Lipinski definition) is 4. The maximum Gasteiger partial charge on any atom is 0.134 e. The van der Waals surface area contributed by atoms with E-state index in [1.807, 2.05) is 31.2 Å². The van der Waals surface area contributed by atoms with Gasteiger partial charge in [-0.25, -0.2) is 4.98 Å². The first-order valence-corrected chi connectivity index (χ1v) is 6.75. The Balaban J connectivity index is 1.90. The highest BCUT2D eigenvalue weighted by atomic mass is 32.1. The van der Waals surface area contributed by atoms with Crippen LogP contribution in [0.1, 0.15) is 22.3 Å². The molecule has 0 saturated carbocycles. The number of aromatic nitrogens is 1. The predicted molar refractivity (Wildman–Crippen MR) is 73.7 cm³/mol. The second kappa shape index (κ2) is 4.55. The molecule has 1 unspecified atom stereocenters. The highest BCUT2D eigenvalue weighted by Crippen LogP contribution is 2.27. The van der Waals surface area contributed by atoms with E-state index in [9.17, 15) is 0 Å². The molecule has 1 aromatic carbocycles. The molecule has 0 bridgehead atoms. The Morgan fingerprint density at radius 3 is 3.00 bits per heavy atom. The molecule has 0 spiro atoms. The Bertz CT molecular complexity index is 671. The predicted octanol–water partition coefficient (Wildman–Crippen LogP) is 3.44. The molecule has 3 nitrogen and oxygen atoms in total. The monoisotopic (exact) mass is 258 g/mol. The molecule has 0 aliphatic heterocycles. The lowest BCUT2D eigenvalue weighted by molar-refractivity contribution is 0.599. The Morgan fingerprint density at radius 1 is 1.39 bits per heavy atom. The number of rotatable bonds is 3. The third-order valence-electron chi connectivity index (χ3n) is 2.97. The first-order chi connectivity index (χ1) is 8.74. The fourth-order valence-electron chi connectivity index (χ4n) is 2.08. The van der Waals surface area contributed by atoms with Crippen molar-refractivity contribution in [2.75, 3.05) is 0 Å². The molecule has 0 saturated heterocycles. The molecule has 2 heterocycles. The standard InChI is InChI=1S/C14H14N2OS/c1-9-8-18-14(16-9)6-12(15)11-7-17-13-5-3-2-4-10(11)13/h2-5,7-8,12H,6,15H2,1H3. The van der Waals surface area contributed by atoms with Gasteiger partial charge in [-0.2, -0.15) is 0 Å². The van der Waals surface area contributed by atoms with Crippen LogP contribution in [0.3, 0.4) is 0 Å². The Hall–Kier alpha value is -1.65. The first kappa shape index (κ1) is 11.4. The van der Waals surface area contributed by atoms with Crippen LogP contribution in [0.2, 0.25) is 0 Å². The summed E-state index contributed by atoms with van der Waals surface area (Å²) >= 11 is 1.66. The van der Waals surface area contributed by atoms with E-state index in [1.54, 1.807) is 17.6 Å². The third kappa shape index (κ3) is 2.05. The average Bonchev–Trinajstić information content (AvgIpc) is 2.95. The van der Waals surface area contributed by atoms with Gasteiger partial charge in [0, 0.05) is 34.5 Å². The van der Waals surface area contributed by atoms with Crippen molar-refractivity contribution in [3.05, 3.63) is 52.2 Å². The molecule has 0 aliphatic carbocycles. The normalized spacial score (nSPS) is 13.0. The summed E-state index contributed by atoms with van der Waals surface area (Å²) < 4.78 is 5.52. The van der Waals surface area contributed by atoms with Gasteiger partial charge in [0.25, 0.3) is 0 Å². The summed E-state index contributed by atoms with van der Waals surface area (Å²) in [5.74, 6) is 0. The van der Waals surface area contributed by atoms with Crippen molar-refractivity contribution in [2.24, 2.45) is 5.73 Å². The molecule has 3 aromatic rings. The number of para-hydroxylation sites is 1. The molecule has 0 radical (unpaired) electrons. The van der Waals surface area contributed by atoms with Crippen molar-refractivity contribution in [3.63, 3.8) is 0 Å². The molecular formula is C14H14N2OS. The molecule has 2 N–H and O–H groups in total. The third-order valence-corrected chi connectivity index (χ3v) is 3.96. The maximum atomic E-state index is 6.25. The SMILES string of the molecule is Cc1csc(CC(N)c2coc3ccccc23)n1. The van der Waals surface area contributed by atoms with Crippen molar-refractivity contribution in [1.82, 2.24) is 4.98 Å². The number of furan rings is 1. The molecule has 0 fully saturated rings. The van der Waals surface area contributed by atoms with E-state index in [-0.39, 0.29) is 6.04 Å². The second-order valence-corrected chi connectivity index (χ2v) is 5.32. The van der Waals surface area contributed by atoms with Crippen LogP contribution >= 0.6 is 11.3 Å². The summed E-state index contributed by atoms with van der Waals surface area (Å²) in [6, 6.07) is 7.90. The van der Waals surface area contributed by atoms with Gasteiger partial charge in [-0.3, -0.25) is 0 Å². The topological polar surface area (TPSA) is 52.0 Å². The Labute approximate surface area is 109 Å². The minimum atomic E-state index is -0.0702. The fourth-order valence-corrected chi connectivity index (χ4v) is 2.91. The minimum Gasteiger partial charge on any atom is -0.464 e. The van der Waals surface area contributed by atoms with Crippen LogP contribution in [0.4, 0.5) is 0 Å². The highest BCUT2D eigenvalue weighted by Gasteiger charge is 2.14. The fraction of sp³-hybridized carbons (Fsp3) is 0.214. The van der Waals surface area contributed by atoms with Gasteiger partial charge in [-0.1, -0.05) is 18.2 Å². The van der Waals surface area contributed by atoms with Gasteiger partial charge >= 0.3 is 0 Å². The summed E-state index contributed by atoms with van der Waals surface area (Å²) in [6.07, 6.45) is 2.51. The van der Waals surface area contributed by atoms with E-state index >= 15 is 0 Å². The first-order valence-electron chi connectivity index (χ1n) is 5.87. The Morgan fingerprint density at radius 2 is 2.22 bits per heavy atom. The summed E-state index contributed by atoms with van der Waals surface area (Å²) in [5, 5.41) is 4.22. The van der Waals surface area contributed by atoms with E-state index in [0.29, 0.717) is 0 Å². The molecule has 2 aromatic heterocycles. The second-order valence-electron chi connectivity index (χ2n) is 4.38. The molecule has 18 heavy (non-hydrogen) atoms. The molecule has 4 heteroatoms. The van der Waals surface area contributed by atoms with Gasteiger partial charge in [0.1, 0.15) is 5.58 Å². The average molecular weight is 258 g/mol. The molecule has 0 aliphatic rings. The number of nitrogens with zero attached hydrogens (tertiary/aromatic N) is 1. The van der Waals surface area contributed by atoms with E-state index in [2.05, 4.69) is 10.4 Å². The van der Waals surface area contributed by atoms with Gasteiger partial charge in [0.05, 0.1) is 11.3 Å². The van der Waals surface area contributed by atoms with Crippen molar-refractivity contribution >= 4 is 22.3 Å². The van der Waals surface area contributed by atoms with E-state index in [0.717, 1.165) is 33.7 Å². The van der Waals surface area contributed by atoms with Gasteiger partial charge in [0.2, 0.25) is 0 Å². The molecule has 92 valence electrons. The summed E-state index contributed by atoms with van der Waals surface area (Å²) in [7, 11) is 0. The van der Waals surface area contributed by atoms with Crippen molar-refractivity contribution < 1.29 is 4.42 Å². The van der Waals surface area contributed by atoms with Crippen LogP contribution in [-0.4, -0.2) is 4.98 Å². The molecular weight excluding hydrogens is 244 g/mol. The zero-order valence-corrected chi connectivity index (χ0v) is 10.9. The van der Waals surface area contributed by atoms with Crippen LogP contribution < -0.4 is 5.73 Å². The summed E-state index contributed by atoms with van der Waals surface area (Å²) in [4.78, 5) is 4.45. The number of nitrogens with two attached hydrogens (primary N) is 1. The number of aryl methyl sites for hydroxylation is 1. The number of hydrogen-bond donors (Lipinski definition) is 1. The molecule has 1 atom stereocenters. The number of fused-ring (bicyclic) bond motifs is 1. The number of thiazole rings is 1. The lowest BCUT2D eigenvalue weighted by atomic mass is 10.0. The minimum absolute atomic E-state index is 0.0702. The van der Waals surface area contributed by atoms with Crippen LogP contribution in [0.5, 0.6) is 0 Å². The van der Waals surface area contributed by atoms with Crippen LogP contribution in [0, 0.1) is 6.92 Å². The number of benzene rings is 1. The van der Waals surface area contributed by atoms with Gasteiger partial charge < -0.3 is 10.2 Å². The van der Waals surface area contributed by atoms with Gasteiger partial charge in [0.15, 0.2) is 0 Å². The smallest absolute Gasteiger partial charge is 0.134 e. The molecule has 0 amide bonds. The van der Waals surface area contributed by atoms with E-state index in [4.69, 9.17) is 10.2 Å². The van der Waals surface area contributed by atoms with Crippen LogP contribution in [0.15, 0.2) is 40.3 Å². The van der Waals surface area contributed by atoms with Crippen molar-refractivity contribution in [3.8, 4) is 0 Å². The van der Waals surface area contributed by atoms with Crippen LogP contribution in [0.25, 0.3) is 11.0 Å². The van der Waals surface area contributed by atoms with Gasteiger partial charge in [-0.15, -0.1) is 11.3 Å². The Kier molecular flexibility index (Phi) is 2.89. The quantitative estimate of drug-likeness (QED) is 0.783. The van der Waals surface area contributed by atoms with E-state index in [1.165, 1.54) is 0 Å². The summed E-state index contributed by atoms with van der Waals surface area (Å²) in [6.45, 7) is 2.00. The highest BCUT2D eigenvalue weighted by molar-refractivity contribution is 7.09. The largest absolute Gasteiger partial charge is 0.464 e. The van der Waals surface area contributed by atoms with Crippen molar-refractivity contribution in [1.29, 1.82) is 0 Å². The summed E-state index contributed by atoms with van der Waals surface area (Å²) in [5.41, 5.74) is 9.25. The zero-order valence-electron chi connectivity index (χ0n) is 10.1. The molecule has 3 rings (SSSR count). The zero-order chi connectivity index (χ0) is 12.5. The van der Waals surface area contributed by atoms with Crippen molar-refractivity contribution in [2.45, 2.75) is 19.4 Å². The lowest BCUT2D eigenvalue weighted by Crippen LogP contribution is -2.12. The van der Waals surface area contributed by atoms with Crippen LogP contribution in [-0.2, 0) is 6.42 Å². The van der Waals surface area contributed by atoms with Gasteiger partial charge in [-0.05, 0) is 13.0 Å². The maximum absolute atomic E-state index is 6.25. The van der Waals surface area contributed by atoms with E-state index < -0.39 is 0 Å².